The first-order valence-corrected chi connectivity index (χ1v) is 11.0. The van der Waals surface area contributed by atoms with E-state index in [4.69, 9.17) is 14.2 Å². The van der Waals surface area contributed by atoms with E-state index < -0.39 is 0 Å². The quantitative estimate of drug-likeness (QED) is 0.589. The molecule has 0 saturated carbocycles. The van der Waals surface area contributed by atoms with Crippen LogP contribution in [0.25, 0.3) is 0 Å². The van der Waals surface area contributed by atoms with Crippen molar-refractivity contribution in [3.05, 3.63) is 53.6 Å². The zero-order valence-electron chi connectivity index (χ0n) is 18.7. The molecule has 0 atom stereocenters. The highest BCUT2D eigenvalue weighted by Crippen LogP contribution is 2.28. The van der Waals surface area contributed by atoms with E-state index >= 15 is 0 Å². The molecule has 1 aliphatic heterocycles. The number of carbonyl (C=O) groups excluding carboxylic acids is 2. The molecular formula is C24H31N3O5. The Balaban J connectivity index is 1.46. The number of carbonyl (C=O) groups is 2. The van der Waals surface area contributed by atoms with Gasteiger partial charge in [-0.15, -0.1) is 0 Å². The molecule has 32 heavy (non-hydrogen) atoms. The van der Waals surface area contributed by atoms with Crippen LogP contribution >= 0.6 is 0 Å². The van der Waals surface area contributed by atoms with Gasteiger partial charge in [0.15, 0.2) is 11.5 Å². The molecule has 1 aliphatic rings. The van der Waals surface area contributed by atoms with Gasteiger partial charge in [0.25, 0.3) is 5.91 Å². The third-order valence-electron chi connectivity index (χ3n) is 5.02. The van der Waals surface area contributed by atoms with E-state index in [0.29, 0.717) is 36.8 Å². The number of nitrogens with zero attached hydrogens (tertiary/aromatic N) is 1. The van der Waals surface area contributed by atoms with E-state index in [2.05, 4.69) is 27.7 Å². The van der Waals surface area contributed by atoms with E-state index in [1.807, 2.05) is 26.0 Å². The van der Waals surface area contributed by atoms with Gasteiger partial charge < -0.3 is 29.7 Å². The average molecular weight is 442 g/mol. The third-order valence-corrected chi connectivity index (χ3v) is 5.02. The Kier molecular flexibility index (Phi) is 8.74. The summed E-state index contributed by atoms with van der Waals surface area (Å²) in [7, 11) is 0. The van der Waals surface area contributed by atoms with Crippen LogP contribution in [0.3, 0.4) is 0 Å². The van der Waals surface area contributed by atoms with Crippen LogP contribution in [0.4, 0.5) is 5.69 Å². The molecule has 1 heterocycles. The summed E-state index contributed by atoms with van der Waals surface area (Å²) in [4.78, 5) is 26.9. The molecule has 3 rings (SSSR count). The Hall–Kier alpha value is -3.26. The van der Waals surface area contributed by atoms with Gasteiger partial charge in [-0.05, 0) is 49.7 Å². The zero-order valence-corrected chi connectivity index (χ0v) is 18.7. The van der Waals surface area contributed by atoms with Crippen molar-refractivity contribution >= 4 is 17.5 Å². The van der Waals surface area contributed by atoms with E-state index in [0.717, 1.165) is 37.6 Å². The normalized spacial score (nSPS) is 13.4. The molecule has 0 aromatic heterocycles. The molecule has 1 saturated heterocycles. The summed E-state index contributed by atoms with van der Waals surface area (Å²) in [5, 5.41) is 5.47. The highest BCUT2D eigenvalue weighted by atomic mass is 16.5. The summed E-state index contributed by atoms with van der Waals surface area (Å²) in [6, 6.07) is 13.1. The van der Waals surface area contributed by atoms with Crippen LogP contribution in [0.5, 0.6) is 11.5 Å². The molecule has 2 amide bonds. The van der Waals surface area contributed by atoms with Crippen LogP contribution in [0.2, 0.25) is 0 Å². The molecule has 2 aromatic rings. The molecule has 2 N–H and O–H groups in total. The number of rotatable bonds is 10. The lowest BCUT2D eigenvalue weighted by atomic mass is 10.2. The molecule has 2 aromatic carbocycles. The van der Waals surface area contributed by atoms with Crippen LogP contribution in [0.1, 0.15) is 29.8 Å². The number of nitrogens with one attached hydrogen (secondary N) is 2. The topological polar surface area (TPSA) is 89.1 Å². The number of hydrogen-bond donors (Lipinski definition) is 2. The first-order valence-electron chi connectivity index (χ1n) is 11.0. The monoisotopic (exact) mass is 441 g/mol. The lowest BCUT2D eigenvalue weighted by Gasteiger charge is -2.28. The number of benzene rings is 2. The second-order valence-electron chi connectivity index (χ2n) is 7.25. The molecule has 0 aliphatic carbocycles. The number of hydrogen-bond acceptors (Lipinski definition) is 6. The molecule has 8 nitrogen and oxygen atoms in total. The van der Waals surface area contributed by atoms with Crippen molar-refractivity contribution < 1.29 is 23.8 Å². The summed E-state index contributed by atoms with van der Waals surface area (Å²) < 4.78 is 16.4. The lowest BCUT2D eigenvalue weighted by molar-refractivity contribution is -0.120. The lowest BCUT2D eigenvalue weighted by Crippen LogP contribution is -2.37. The van der Waals surface area contributed by atoms with Gasteiger partial charge in [-0.25, -0.2) is 0 Å². The molecule has 8 heteroatoms. The summed E-state index contributed by atoms with van der Waals surface area (Å²) in [6.45, 7) is 8.25. The van der Waals surface area contributed by atoms with E-state index in [-0.39, 0.29) is 18.4 Å². The number of morpholine rings is 1. The van der Waals surface area contributed by atoms with Gasteiger partial charge in [0.1, 0.15) is 0 Å². The molecule has 1 fully saturated rings. The standard InChI is InChI=1S/C24H31N3O5/c1-3-31-21-10-7-19(15-22(21)32-4-2)24(29)26-17-23(28)25-16-18-5-8-20(9-6-18)27-11-13-30-14-12-27/h5-10,15H,3-4,11-14,16-17H2,1-2H3,(H,25,28)(H,26,29). The molecule has 0 unspecified atom stereocenters. The van der Waals surface area contributed by atoms with Crippen molar-refractivity contribution in [2.45, 2.75) is 20.4 Å². The fourth-order valence-electron chi connectivity index (χ4n) is 3.36. The van der Waals surface area contributed by atoms with Gasteiger partial charge in [-0.1, -0.05) is 12.1 Å². The minimum atomic E-state index is -0.348. The second kappa shape index (κ2) is 12.0. The van der Waals surface area contributed by atoms with E-state index in [9.17, 15) is 9.59 Å². The minimum Gasteiger partial charge on any atom is -0.490 e. The van der Waals surface area contributed by atoms with Crippen molar-refractivity contribution in [2.24, 2.45) is 0 Å². The maximum Gasteiger partial charge on any atom is 0.251 e. The van der Waals surface area contributed by atoms with Gasteiger partial charge in [0.05, 0.1) is 33.0 Å². The first kappa shape index (κ1) is 23.4. The summed E-state index contributed by atoms with van der Waals surface area (Å²) >= 11 is 0. The summed E-state index contributed by atoms with van der Waals surface area (Å²) in [6.07, 6.45) is 0. The van der Waals surface area contributed by atoms with Gasteiger partial charge >= 0.3 is 0 Å². The predicted molar refractivity (Wildman–Crippen MR) is 122 cm³/mol. The average Bonchev–Trinajstić information content (AvgIpc) is 2.83. The van der Waals surface area contributed by atoms with E-state index in [1.54, 1.807) is 18.2 Å². The van der Waals surface area contributed by atoms with Crippen LogP contribution in [-0.2, 0) is 16.1 Å². The smallest absolute Gasteiger partial charge is 0.251 e. The number of anilines is 1. The largest absolute Gasteiger partial charge is 0.490 e. The number of ether oxygens (including phenoxy) is 3. The van der Waals surface area contributed by atoms with Gasteiger partial charge in [-0.3, -0.25) is 9.59 Å². The van der Waals surface area contributed by atoms with Crippen molar-refractivity contribution in [1.29, 1.82) is 0 Å². The molecule has 0 bridgehead atoms. The van der Waals surface area contributed by atoms with E-state index in [1.165, 1.54) is 0 Å². The third kappa shape index (κ3) is 6.62. The second-order valence-corrected chi connectivity index (χ2v) is 7.25. The van der Waals surface area contributed by atoms with Crippen molar-refractivity contribution in [3.63, 3.8) is 0 Å². The van der Waals surface area contributed by atoms with Crippen LogP contribution in [0, 0.1) is 0 Å². The predicted octanol–water partition coefficient (Wildman–Crippen LogP) is 2.37. The molecule has 0 radical (unpaired) electrons. The Morgan fingerprint density at radius 2 is 1.62 bits per heavy atom. The van der Waals surface area contributed by atoms with Crippen LogP contribution in [0.15, 0.2) is 42.5 Å². The van der Waals surface area contributed by atoms with Gasteiger partial charge in [0, 0.05) is 30.9 Å². The minimum absolute atomic E-state index is 0.109. The maximum atomic E-state index is 12.4. The van der Waals surface area contributed by atoms with Crippen molar-refractivity contribution in [2.75, 3.05) is 51.0 Å². The zero-order chi connectivity index (χ0) is 22.8. The Morgan fingerprint density at radius 1 is 0.938 bits per heavy atom. The Bertz CT molecular complexity index is 895. The summed E-state index contributed by atoms with van der Waals surface area (Å²) in [5.41, 5.74) is 2.55. The van der Waals surface area contributed by atoms with Gasteiger partial charge in [0.2, 0.25) is 5.91 Å². The van der Waals surface area contributed by atoms with Crippen molar-refractivity contribution in [3.8, 4) is 11.5 Å². The maximum absolute atomic E-state index is 12.4. The summed E-state index contributed by atoms with van der Waals surface area (Å²) in [5.74, 6) is 0.487. The Labute approximate surface area is 188 Å². The van der Waals surface area contributed by atoms with Crippen LogP contribution in [-0.4, -0.2) is 57.9 Å². The van der Waals surface area contributed by atoms with Crippen molar-refractivity contribution in [1.82, 2.24) is 10.6 Å². The Morgan fingerprint density at radius 3 is 2.31 bits per heavy atom. The molecule has 172 valence electrons. The number of amides is 2. The highest BCUT2D eigenvalue weighted by Gasteiger charge is 2.13. The SMILES string of the molecule is CCOc1ccc(C(=O)NCC(=O)NCc2ccc(N3CCOCC3)cc2)cc1OCC. The fraction of sp³-hybridized carbons (Fsp3) is 0.417. The highest BCUT2D eigenvalue weighted by molar-refractivity contribution is 5.97. The van der Waals surface area contributed by atoms with Crippen LogP contribution < -0.4 is 25.0 Å². The van der Waals surface area contributed by atoms with Gasteiger partial charge in [-0.2, -0.15) is 0 Å². The molecule has 0 spiro atoms. The molecular weight excluding hydrogens is 410 g/mol. The fourth-order valence-corrected chi connectivity index (χ4v) is 3.36. The first-order chi connectivity index (χ1) is 15.6.